The predicted molar refractivity (Wildman–Crippen MR) is 77.8 cm³/mol. The average molecular weight is 287 g/mol. The van der Waals surface area contributed by atoms with Gasteiger partial charge in [0.25, 0.3) is 0 Å². The molecule has 2 N–H and O–H groups in total. The first-order valence-electron chi connectivity index (χ1n) is 6.66. The van der Waals surface area contributed by atoms with Gasteiger partial charge in [-0.25, -0.2) is 4.79 Å². The van der Waals surface area contributed by atoms with Crippen LogP contribution in [0.3, 0.4) is 0 Å². The molecule has 5 nitrogen and oxygen atoms in total. The summed E-state index contributed by atoms with van der Waals surface area (Å²) in [5.41, 5.74) is 1.97. The van der Waals surface area contributed by atoms with Crippen LogP contribution in [0.2, 0.25) is 0 Å². The number of hydrogen-bond donors (Lipinski definition) is 2. The molecule has 0 saturated heterocycles. The molecule has 1 aromatic carbocycles. The summed E-state index contributed by atoms with van der Waals surface area (Å²) in [4.78, 5) is 27.3. The van der Waals surface area contributed by atoms with Gasteiger partial charge in [-0.15, -0.1) is 0 Å². The Bertz CT molecular complexity index is 700. The minimum absolute atomic E-state index is 0.0832. The molecule has 0 bridgehead atoms. The van der Waals surface area contributed by atoms with E-state index in [0.717, 1.165) is 0 Å². The van der Waals surface area contributed by atoms with Gasteiger partial charge >= 0.3 is 5.97 Å². The number of benzene rings is 1. The molecule has 1 aromatic heterocycles. The van der Waals surface area contributed by atoms with Crippen LogP contribution in [0.1, 0.15) is 44.6 Å². The van der Waals surface area contributed by atoms with Crippen LogP contribution < -0.4 is 0 Å². The van der Waals surface area contributed by atoms with E-state index < -0.39 is 5.97 Å². The maximum Gasteiger partial charge on any atom is 0.355 e. The Morgan fingerprint density at radius 1 is 1.24 bits per heavy atom. The molecular formula is C16H17NO4. The van der Waals surface area contributed by atoms with Crippen LogP contribution in [0.15, 0.2) is 24.3 Å². The van der Waals surface area contributed by atoms with E-state index in [1.165, 1.54) is 6.07 Å². The number of carbonyl (C=O) groups excluding carboxylic acids is 2. The lowest BCUT2D eigenvalue weighted by Gasteiger charge is -2.05. The van der Waals surface area contributed by atoms with Crippen LogP contribution in [-0.2, 0) is 4.74 Å². The zero-order valence-corrected chi connectivity index (χ0v) is 12.2. The number of para-hydroxylation sites is 1. The number of phenolic OH excluding ortho intramolecular Hbond substituents is 1. The molecule has 2 aromatic rings. The Balaban J connectivity index is 2.48. The maximum atomic E-state index is 12.6. The summed E-state index contributed by atoms with van der Waals surface area (Å²) in [7, 11) is 0. The normalized spacial score (nSPS) is 10.4. The zero-order chi connectivity index (χ0) is 15.6. The minimum Gasteiger partial charge on any atom is -0.507 e. The summed E-state index contributed by atoms with van der Waals surface area (Å²) in [6, 6.07) is 6.33. The number of carbonyl (C=O) groups is 2. The van der Waals surface area contributed by atoms with Crippen molar-refractivity contribution in [2.24, 2.45) is 0 Å². The number of nitrogens with one attached hydrogen (secondary N) is 1. The van der Waals surface area contributed by atoms with Gasteiger partial charge in [-0.05, 0) is 38.5 Å². The van der Waals surface area contributed by atoms with Crippen molar-refractivity contribution in [2.45, 2.75) is 20.8 Å². The van der Waals surface area contributed by atoms with Crippen molar-refractivity contribution < 1.29 is 19.4 Å². The Kier molecular flexibility index (Phi) is 4.12. The number of phenols is 1. The molecule has 2 rings (SSSR count). The van der Waals surface area contributed by atoms with Gasteiger partial charge in [0.1, 0.15) is 11.4 Å². The van der Waals surface area contributed by atoms with Crippen molar-refractivity contribution in [1.29, 1.82) is 0 Å². The number of ketones is 1. The Morgan fingerprint density at radius 2 is 1.90 bits per heavy atom. The van der Waals surface area contributed by atoms with Gasteiger partial charge in [-0.3, -0.25) is 4.79 Å². The van der Waals surface area contributed by atoms with Crippen molar-refractivity contribution in [3.63, 3.8) is 0 Å². The number of aryl methyl sites for hydroxylation is 1. The average Bonchev–Trinajstić information content (AvgIpc) is 2.74. The molecule has 0 aliphatic carbocycles. The molecule has 0 amide bonds. The van der Waals surface area contributed by atoms with Crippen molar-refractivity contribution >= 4 is 11.8 Å². The lowest BCUT2D eigenvalue weighted by molar-refractivity contribution is 0.0519. The number of aromatic nitrogens is 1. The summed E-state index contributed by atoms with van der Waals surface area (Å²) in [5.74, 6) is -0.899. The van der Waals surface area contributed by atoms with Crippen LogP contribution in [0.4, 0.5) is 0 Å². The largest absolute Gasteiger partial charge is 0.507 e. The highest BCUT2D eigenvalue weighted by atomic mass is 16.5. The van der Waals surface area contributed by atoms with Gasteiger partial charge in [0.15, 0.2) is 5.78 Å². The first-order chi connectivity index (χ1) is 9.97. The summed E-state index contributed by atoms with van der Waals surface area (Å²) < 4.78 is 4.96. The van der Waals surface area contributed by atoms with Gasteiger partial charge in [0, 0.05) is 11.3 Å². The Labute approximate surface area is 122 Å². The molecule has 0 saturated carbocycles. The zero-order valence-electron chi connectivity index (χ0n) is 12.2. The molecule has 0 spiro atoms. The number of ether oxygens (including phenoxy) is 1. The Morgan fingerprint density at radius 3 is 2.52 bits per heavy atom. The van der Waals surface area contributed by atoms with Crippen LogP contribution in [0, 0.1) is 13.8 Å². The van der Waals surface area contributed by atoms with Crippen LogP contribution in [0.5, 0.6) is 5.75 Å². The summed E-state index contributed by atoms with van der Waals surface area (Å²) in [5, 5.41) is 9.80. The second-order valence-electron chi connectivity index (χ2n) is 4.69. The van der Waals surface area contributed by atoms with Crippen LogP contribution >= 0.6 is 0 Å². The fraction of sp³-hybridized carbons (Fsp3) is 0.250. The second-order valence-corrected chi connectivity index (χ2v) is 4.69. The number of aromatic hydroxyl groups is 1. The SMILES string of the molecule is CCOC(=O)c1[nH]c(C)c(C(=O)c2ccccc2O)c1C. The summed E-state index contributed by atoms with van der Waals surface area (Å²) >= 11 is 0. The van der Waals surface area contributed by atoms with Gasteiger partial charge in [0.2, 0.25) is 0 Å². The molecule has 5 heteroatoms. The molecule has 0 radical (unpaired) electrons. The quantitative estimate of drug-likeness (QED) is 0.669. The highest BCUT2D eigenvalue weighted by Gasteiger charge is 2.24. The first kappa shape index (κ1) is 14.8. The number of hydrogen-bond acceptors (Lipinski definition) is 4. The molecule has 0 unspecified atom stereocenters. The minimum atomic E-state index is -0.491. The Hall–Kier alpha value is -2.56. The van der Waals surface area contributed by atoms with Crippen molar-refractivity contribution in [3.8, 4) is 5.75 Å². The number of rotatable bonds is 4. The molecule has 21 heavy (non-hydrogen) atoms. The van der Waals surface area contributed by atoms with E-state index in [0.29, 0.717) is 16.8 Å². The monoisotopic (exact) mass is 287 g/mol. The third-order valence-corrected chi connectivity index (χ3v) is 3.29. The smallest absolute Gasteiger partial charge is 0.355 e. The summed E-state index contributed by atoms with van der Waals surface area (Å²) in [6.45, 7) is 5.38. The molecule has 0 aliphatic rings. The fourth-order valence-electron chi connectivity index (χ4n) is 2.30. The van der Waals surface area contributed by atoms with E-state index in [4.69, 9.17) is 4.74 Å². The summed E-state index contributed by atoms with van der Waals surface area (Å²) in [6.07, 6.45) is 0. The van der Waals surface area contributed by atoms with Crippen molar-refractivity contribution in [2.75, 3.05) is 6.61 Å². The van der Waals surface area contributed by atoms with Gasteiger partial charge < -0.3 is 14.8 Å². The van der Waals surface area contributed by atoms with E-state index in [2.05, 4.69) is 4.98 Å². The first-order valence-corrected chi connectivity index (χ1v) is 6.66. The van der Waals surface area contributed by atoms with Gasteiger partial charge in [-0.1, -0.05) is 12.1 Å². The topological polar surface area (TPSA) is 79.4 Å². The number of H-pyrrole nitrogens is 1. The molecule has 1 heterocycles. The number of esters is 1. The van der Waals surface area contributed by atoms with E-state index in [1.54, 1.807) is 39.0 Å². The highest BCUT2D eigenvalue weighted by molar-refractivity contribution is 6.13. The van der Waals surface area contributed by atoms with E-state index in [9.17, 15) is 14.7 Å². The van der Waals surface area contributed by atoms with Gasteiger partial charge in [0.05, 0.1) is 12.2 Å². The lowest BCUT2D eigenvalue weighted by Crippen LogP contribution is -2.08. The molecule has 0 aliphatic heterocycles. The molecule has 0 atom stereocenters. The van der Waals surface area contributed by atoms with Crippen molar-refractivity contribution in [1.82, 2.24) is 4.98 Å². The van der Waals surface area contributed by atoms with Gasteiger partial charge in [-0.2, -0.15) is 0 Å². The molecule has 0 fully saturated rings. The third kappa shape index (κ3) is 2.67. The third-order valence-electron chi connectivity index (χ3n) is 3.29. The molecule has 110 valence electrons. The highest BCUT2D eigenvalue weighted by Crippen LogP contribution is 2.25. The van der Waals surface area contributed by atoms with E-state index in [1.807, 2.05) is 0 Å². The number of aromatic amines is 1. The molecular weight excluding hydrogens is 270 g/mol. The van der Waals surface area contributed by atoms with Crippen molar-refractivity contribution in [3.05, 3.63) is 52.3 Å². The fourth-order valence-corrected chi connectivity index (χ4v) is 2.30. The van der Waals surface area contributed by atoms with E-state index in [-0.39, 0.29) is 29.4 Å². The maximum absolute atomic E-state index is 12.6. The van der Waals surface area contributed by atoms with E-state index >= 15 is 0 Å². The lowest BCUT2D eigenvalue weighted by atomic mass is 9.99. The standard InChI is InChI=1S/C16H17NO4/c1-4-21-16(20)14-9(2)13(10(3)17-14)15(19)11-7-5-6-8-12(11)18/h5-8,17-18H,4H2,1-3H3. The van der Waals surface area contributed by atoms with Crippen LogP contribution in [0.25, 0.3) is 0 Å². The predicted octanol–water partition coefficient (Wildman–Crippen LogP) is 2.74. The van der Waals surface area contributed by atoms with Crippen LogP contribution in [-0.4, -0.2) is 28.4 Å². The second kappa shape index (κ2) is 5.83.